The molecule has 0 aliphatic carbocycles. The van der Waals surface area contributed by atoms with Gasteiger partial charge in [0.15, 0.2) is 5.13 Å². The van der Waals surface area contributed by atoms with Crippen LogP contribution in [0, 0.1) is 0 Å². The number of aromatic nitrogens is 1. The summed E-state index contributed by atoms with van der Waals surface area (Å²) in [6.07, 6.45) is 0. The van der Waals surface area contributed by atoms with E-state index in [1.54, 1.807) is 0 Å². The molecule has 1 aromatic heterocycles. The average Bonchev–Trinajstić information content (AvgIpc) is 3.27. The van der Waals surface area contributed by atoms with Gasteiger partial charge in [-0.3, -0.25) is 9.59 Å². The van der Waals surface area contributed by atoms with Crippen LogP contribution in [0.1, 0.15) is 17.7 Å². The van der Waals surface area contributed by atoms with Crippen molar-refractivity contribution in [3.05, 3.63) is 94.8 Å². The molecule has 0 spiro atoms. The Morgan fingerprint density at radius 3 is 2.33 bits per heavy atom. The number of benzene rings is 3. The van der Waals surface area contributed by atoms with E-state index in [0.717, 1.165) is 21.7 Å². The number of carbonyl (C=O) groups is 2. The number of anilines is 2. The summed E-state index contributed by atoms with van der Waals surface area (Å²) in [4.78, 5) is 30.0. The largest absolute Gasteiger partial charge is 0.326 e. The third kappa shape index (κ3) is 6.01. The predicted molar refractivity (Wildman–Crippen MR) is 137 cm³/mol. The van der Waals surface area contributed by atoms with E-state index < -0.39 is 5.25 Å². The summed E-state index contributed by atoms with van der Waals surface area (Å²) < 4.78 is 0. The SMILES string of the molecule is CC(=O)Nc1ccc(SC(C(=O)Nc2nc(-c3ccccc3Cl)cs2)c2ccccc2)cc1. The van der Waals surface area contributed by atoms with Crippen LogP contribution >= 0.6 is 34.7 Å². The molecule has 2 N–H and O–H groups in total. The molecule has 0 bridgehead atoms. The molecule has 2 amide bonds. The number of amides is 2. The molecule has 5 nitrogen and oxygen atoms in total. The van der Waals surface area contributed by atoms with Gasteiger partial charge in [-0.05, 0) is 35.9 Å². The van der Waals surface area contributed by atoms with Crippen molar-refractivity contribution in [1.29, 1.82) is 0 Å². The van der Waals surface area contributed by atoms with E-state index in [1.165, 1.54) is 30.0 Å². The second-order valence-corrected chi connectivity index (χ2v) is 9.56. The van der Waals surface area contributed by atoms with Crippen molar-refractivity contribution in [2.24, 2.45) is 0 Å². The van der Waals surface area contributed by atoms with Gasteiger partial charge in [-0.25, -0.2) is 4.98 Å². The molecule has 0 radical (unpaired) electrons. The molecule has 3 aromatic carbocycles. The molecular weight excluding hydrogens is 474 g/mol. The standard InChI is InChI=1S/C25H20ClN3O2S2/c1-16(30)27-18-11-13-19(14-12-18)33-23(17-7-3-2-4-8-17)24(31)29-25-28-22(15-32-25)20-9-5-6-10-21(20)26/h2-15,23H,1H3,(H,27,30)(H,28,29,31). The molecule has 0 aliphatic heterocycles. The van der Waals surface area contributed by atoms with E-state index in [2.05, 4.69) is 15.6 Å². The predicted octanol–water partition coefficient (Wildman–Crippen LogP) is 6.89. The van der Waals surface area contributed by atoms with Gasteiger partial charge in [-0.2, -0.15) is 0 Å². The number of thiazole rings is 1. The Kier molecular flexibility index (Phi) is 7.44. The monoisotopic (exact) mass is 493 g/mol. The smallest absolute Gasteiger partial charge is 0.244 e. The van der Waals surface area contributed by atoms with Crippen molar-refractivity contribution in [3.8, 4) is 11.3 Å². The lowest BCUT2D eigenvalue weighted by molar-refractivity contribution is -0.116. The van der Waals surface area contributed by atoms with Crippen molar-refractivity contribution >= 4 is 57.3 Å². The lowest BCUT2D eigenvalue weighted by Gasteiger charge is -2.16. The Bertz CT molecular complexity index is 1260. The molecule has 8 heteroatoms. The van der Waals surface area contributed by atoms with Gasteiger partial charge in [0, 0.05) is 33.5 Å². The molecule has 0 aliphatic rings. The molecule has 0 saturated heterocycles. The van der Waals surface area contributed by atoms with Crippen LogP contribution in [-0.2, 0) is 9.59 Å². The zero-order valence-corrected chi connectivity index (χ0v) is 20.0. The minimum atomic E-state index is -0.481. The maximum Gasteiger partial charge on any atom is 0.244 e. The van der Waals surface area contributed by atoms with Crippen LogP contribution in [0.25, 0.3) is 11.3 Å². The third-order valence-corrected chi connectivity index (χ3v) is 7.01. The van der Waals surface area contributed by atoms with Crippen LogP contribution in [0.5, 0.6) is 0 Å². The van der Waals surface area contributed by atoms with Gasteiger partial charge in [0.2, 0.25) is 11.8 Å². The maximum absolute atomic E-state index is 13.3. The second kappa shape index (κ2) is 10.7. The zero-order valence-electron chi connectivity index (χ0n) is 17.6. The van der Waals surface area contributed by atoms with Gasteiger partial charge < -0.3 is 10.6 Å². The molecule has 0 fully saturated rings. The average molecular weight is 494 g/mol. The topological polar surface area (TPSA) is 71.1 Å². The molecule has 1 heterocycles. The molecular formula is C25H20ClN3O2S2. The van der Waals surface area contributed by atoms with Crippen LogP contribution < -0.4 is 10.6 Å². The fourth-order valence-electron chi connectivity index (χ4n) is 3.15. The molecule has 0 saturated carbocycles. The Labute approximate surface area is 205 Å². The van der Waals surface area contributed by atoms with Crippen LogP contribution in [0.4, 0.5) is 10.8 Å². The number of hydrogen-bond acceptors (Lipinski definition) is 5. The van der Waals surface area contributed by atoms with Crippen LogP contribution in [-0.4, -0.2) is 16.8 Å². The van der Waals surface area contributed by atoms with Crippen molar-refractivity contribution in [1.82, 2.24) is 4.98 Å². The Morgan fingerprint density at radius 1 is 0.939 bits per heavy atom. The van der Waals surface area contributed by atoms with Crippen molar-refractivity contribution in [2.45, 2.75) is 17.1 Å². The van der Waals surface area contributed by atoms with Gasteiger partial charge >= 0.3 is 0 Å². The van der Waals surface area contributed by atoms with Gasteiger partial charge in [0.1, 0.15) is 5.25 Å². The van der Waals surface area contributed by atoms with E-state index in [4.69, 9.17) is 11.6 Å². The number of hydrogen-bond donors (Lipinski definition) is 2. The van der Waals surface area contributed by atoms with E-state index in [-0.39, 0.29) is 11.8 Å². The summed E-state index contributed by atoms with van der Waals surface area (Å²) in [6.45, 7) is 1.47. The normalized spacial score (nSPS) is 11.6. The van der Waals surface area contributed by atoms with E-state index in [0.29, 0.717) is 15.8 Å². The Balaban J connectivity index is 1.54. The molecule has 166 valence electrons. The Morgan fingerprint density at radius 2 is 1.64 bits per heavy atom. The van der Waals surface area contributed by atoms with Crippen molar-refractivity contribution in [2.75, 3.05) is 10.6 Å². The maximum atomic E-state index is 13.3. The van der Waals surface area contributed by atoms with Crippen LogP contribution in [0.15, 0.2) is 89.1 Å². The molecule has 1 unspecified atom stereocenters. The summed E-state index contributed by atoms with van der Waals surface area (Å²) in [5, 5.41) is 8.22. The fourth-order valence-corrected chi connectivity index (χ4v) is 5.12. The van der Waals surface area contributed by atoms with Gasteiger partial charge in [-0.1, -0.05) is 60.1 Å². The zero-order chi connectivity index (χ0) is 23.2. The van der Waals surface area contributed by atoms with Gasteiger partial charge in [0.05, 0.1) is 5.69 Å². The van der Waals surface area contributed by atoms with Crippen LogP contribution in [0.3, 0.4) is 0 Å². The van der Waals surface area contributed by atoms with Crippen molar-refractivity contribution < 1.29 is 9.59 Å². The summed E-state index contributed by atoms with van der Waals surface area (Å²) >= 11 is 9.07. The highest BCUT2D eigenvalue weighted by Crippen LogP contribution is 2.37. The quantitative estimate of drug-likeness (QED) is 0.275. The first kappa shape index (κ1) is 23.0. The number of nitrogens with one attached hydrogen (secondary N) is 2. The minimum absolute atomic E-state index is 0.128. The summed E-state index contributed by atoms with van der Waals surface area (Å²) in [6, 6.07) is 24.5. The first-order chi connectivity index (χ1) is 16.0. The van der Waals surface area contributed by atoms with Gasteiger partial charge in [0.25, 0.3) is 0 Å². The highest BCUT2D eigenvalue weighted by atomic mass is 35.5. The molecule has 4 rings (SSSR count). The third-order valence-electron chi connectivity index (χ3n) is 4.65. The van der Waals surface area contributed by atoms with E-state index >= 15 is 0 Å². The minimum Gasteiger partial charge on any atom is -0.326 e. The molecule has 1 atom stereocenters. The summed E-state index contributed by atoms with van der Waals surface area (Å²) in [5.74, 6) is -0.297. The fraction of sp³-hybridized carbons (Fsp3) is 0.0800. The second-order valence-electron chi connectivity index (χ2n) is 7.12. The first-order valence-corrected chi connectivity index (χ1v) is 12.2. The number of carbonyl (C=O) groups excluding carboxylic acids is 2. The van der Waals surface area contributed by atoms with E-state index in [1.807, 2.05) is 84.2 Å². The number of thioether (sulfide) groups is 1. The molecule has 33 heavy (non-hydrogen) atoms. The van der Waals surface area contributed by atoms with Crippen LogP contribution in [0.2, 0.25) is 5.02 Å². The number of nitrogens with zero attached hydrogens (tertiary/aromatic N) is 1. The Hall–Kier alpha value is -3.13. The summed E-state index contributed by atoms with van der Waals surface area (Å²) in [7, 11) is 0. The highest BCUT2D eigenvalue weighted by Gasteiger charge is 2.23. The highest BCUT2D eigenvalue weighted by molar-refractivity contribution is 8.00. The number of rotatable bonds is 7. The first-order valence-electron chi connectivity index (χ1n) is 10.1. The lowest BCUT2D eigenvalue weighted by Crippen LogP contribution is -2.19. The van der Waals surface area contributed by atoms with E-state index in [9.17, 15) is 9.59 Å². The summed E-state index contributed by atoms with van der Waals surface area (Å²) in [5.41, 5.74) is 3.14. The number of halogens is 1. The molecule has 4 aromatic rings. The van der Waals surface area contributed by atoms with Gasteiger partial charge in [-0.15, -0.1) is 23.1 Å². The van der Waals surface area contributed by atoms with Crippen molar-refractivity contribution in [3.63, 3.8) is 0 Å². The lowest BCUT2D eigenvalue weighted by atomic mass is 10.1.